The molecule has 0 aliphatic carbocycles. The summed E-state index contributed by atoms with van der Waals surface area (Å²) in [6.45, 7) is 7.00. The highest BCUT2D eigenvalue weighted by molar-refractivity contribution is 5.76. The predicted octanol–water partition coefficient (Wildman–Crippen LogP) is 0.927. The number of carbonyl (C=O) groups excluding carboxylic acids is 1. The molecule has 0 spiro atoms. The molecule has 100 valence electrons. The van der Waals surface area contributed by atoms with Crippen LogP contribution in [0.25, 0.3) is 0 Å². The standard InChI is InChI=1S/C13H27N3O/c1-11(2)16(10-12-6-5-8-14-12)13(17)7-9-15(3)4/h11-12,14H,5-10H2,1-4H3. The van der Waals surface area contributed by atoms with E-state index in [-0.39, 0.29) is 5.91 Å². The summed E-state index contributed by atoms with van der Waals surface area (Å²) < 4.78 is 0. The van der Waals surface area contributed by atoms with E-state index in [1.165, 1.54) is 12.8 Å². The van der Waals surface area contributed by atoms with Crippen molar-refractivity contribution in [2.75, 3.05) is 33.7 Å². The van der Waals surface area contributed by atoms with Crippen LogP contribution < -0.4 is 5.32 Å². The normalized spacial score (nSPS) is 20.2. The number of nitrogens with one attached hydrogen (secondary N) is 1. The minimum absolute atomic E-state index is 0.280. The van der Waals surface area contributed by atoms with E-state index in [1.54, 1.807) is 0 Å². The first-order chi connectivity index (χ1) is 8.00. The van der Waals surface area contributed by atoms with Crippen molar-refractivity contribution in [1.82, 2.24) is 15.1 Å². The van der Waals surface area contributed by atoms with Gasteiger partial charge in [0.05, 0.1) is 0 Å². The smallest absolute Gasteiger partial charge is 0.224 e. The highest BCUT2D eigenvalue weighted by Gasteiger charge is 2.23. The van der Waals surface area contributed by atoms with Crippen LogP contribution in [-0.4, -0.2) is 61.5 Å². The van der Waals surface area contributed by atoms with Gasteiger partial charge in [-0.3, -0.25) is 4.79 Å². The third kappa shape index (κ3) is 5.04. The van der Waals surface area contributed by atoms with Crippen LogP contribution in [0.1, 0.15) is 33.1 Å². The summed E-state index contributed by atoms with van der Waals surface area (Å²) in [6.07, 6.45) is 3.06. The van der Waals surface area contributed by atoms with Gasteiger partial charge in [0.2, 0.25) is 5.91 Å². The summed E-state index contributed by atoms with van der Waals surface area (Å²) in [5.41, 5.74) is 0. The molecular weight excluding hydrogens is 214 g/mol. The lowest BCUT2D eigenvalue weighted by Crippen LogP contribution is -2.45. The fraction of sp³-hybridized carbons (Fsp3) is 0.923. The van der Waals surface area contributed by atoms with Gasteiger partial charge in [-0.05, 0) is 47.3 Å². The van der Waals surface area contributed by atoms with Crippen LogP contribution >= 0.6 is 0 Å². The van der Waals surface area contributed by atoms with Crippen molar-refractivity contribution in [3.63, 3.8) is 0 Å². The van der Waals surface area contributed by atoms with Crippen molar-refractivity contribution >= 4 is 5.91 Å². The first kappa shape index (κ1) is 14.5. The van der Waals surface area contributed by atoms with Crippen LogP contribution in [0.15, 0.2) is 0 Å². The molecule has 0 aromatic rings. The van der Waals surface area contributed by atoms with Crippen LogP contribution in [-0.2, 0) is 4.79 Å². The minimum atomic E-state index is 0.280. The Kier molecular flexibility index (Phi) is 5.92. The van der Waals surface area contributed by atoms with Crippen LogP contribution in [0, 0.1) is 0 Å². The van der Waals surface area contributed by atoms with Gasteiger partial charge in [-0.2, -0.15) is 0 Å². The maximum atomic E-state index is 12.1. The van der Waals surface area contributed by atoms with E-state index in [2.05, 4.69) is 24.1 Å². The van der Waals surface area contributed by atoms with E-state index < -0.39 is 0 Å². The quantitative estimate of drug-likeness (QED) is 0.751. The van der Waals surface area contributed by atoms with Crippen LogP contribution in [0.2, 0.25) is 0 Å². The lowest BCUT2D eigenvalue weighted by Gasteiger charge is -2.30. The fourth-order valence-electron chi connectivity index (χ4n) is 2.21. The fourth-order valence-corrected chi connectivity index (χ4v) is 2.21. The maximum absolute atomic E-state index is 12.1. The van der Waals surface area contributed by atoms with Gasteiger partial charge in [-0.15, -0.1) is 0 Å². The summed E-state index contributed by atoms with van der Waals surface area (Å²) in [4.78, 5) is 16.2. The Morgan fingerprint density at radius 3 is 2.59 bits per heavy atom. The number of hydrogen-bond acceptors (Lipinski definition) is 3. The molecule has 1 N–H and O–H groups in total. The van der Waals surface area contributed by atoms with Crippen LogP contribution in [0.4, 0.5) is 0 Å². The van der Waals surface area contributed by atoms with Crippen molar-refractivity contribution < 1.29 is 4.79 Å². The average Bonchev–Trinajstić information content (AvgIpc) is 2.74. The number of rotatable bonds is 6. The largest absolute Gasteiger partial charge is 0.339 e. The van der Waals surface area contributed by atoms with E-state index in [1.807, 2.05) is 19.0 Å². The molecule has 0 aromatic heterocycles. The summed E-state index contributed by atoms with van der Waals surface area (Å²) in [6, 6.07) is 0.799. The molecule has 1 atom stereocenters. The second-order valence-electron chi connectivity index (χ2n) is 5.49. The summed E-state index contributed by atoms with van der Waals surface area (Å²) in [5, 5.41) is 3.46. The van der Waals surface area contributed by atoms with Gasteiger partial charge in [-0.1, -0.05) is 0 Å². The summed E-state index contributed by atoms with van der Waals surface area (Å²) in [5.74, 6) is 0.280. The molecule has 1 unspecified atom stereocenters. The first-order valence-corrected chi connectivity index (χ1v) is 6.68. The summed E-state index contributed by atoms with van der Waals surface area (Å²) >= 11 is 0. The average molecular weight is 241 g/mol. The maximum Gasteiger partial charge on any atom is 0.224 e. The van der Waals surface area contributed by atoms with E-state index in [4.69, 9.17) is 0 Å². The molecule has 4 nitrogen and oxygen atoms in total. The van der Waals surface area contributed by atoms with Crippen molar-refractivity contribution in [1.29, 1.82) is 0 Å². The van der Waals surface area contributed by atoms with E-state index in [0.717, 1.165) is 19.6 Å². The molecule has 0 aromatic carbocycles. The van der Waals surface area contributed by atoms with E-state index in [9.17, 15) is 4.79 Å². The van der Waals surface area contributed by atoms with Gasteiger partial charge in [-0.25, -0.2) is 0 Å². The van der Waals surface area contributed by atoms with Crippen LogP contribution in [0.5, 0.6) is 0 Å². The van der Waals surface area contributed by atoms with E-state index >= 15 is 0 Å². The molecule has 4 heteroatoms. The molecule has 1 aliphatic rings. The number of amides is 1. The lowest BCUT2D eigenvalue weighted by molar-refractivity contribution is -0.133. The zero-order chi connectivity index (χ0) is 12.8. The molecule has 0 saturated carbocycles. The Balaban J connectivity index is 2.43. The number of carbonyl (C=O) groups is 1. The first-order valence-electron chi connectivity index (χ1n) is 6.68. The van der Waals surface area contributed by atoms with Crippen molar-refractivity contribution in [2.45, 2.75) is 45.2 Å². The molecule has 17 heavy (non-hydrogen) atoms. The van der Waals surface area contributed by atoms with Crippen molar-refractivity contribution in [3.8, 4) is 0 Å². The Labute approximate surface area is 105 Å². The SMILES string of the molecule is CC(C)N(CC1CCCN1)C(=O)CCN(C)C. The zero-order valence-electron chi connectivity index (χ0n) is 11.7. The van der Waals surface area contributed by atoms with Crippen LogP contribution in [0.3, 0.4) is 0 Å². The third-order valence-electron chi connectivity index (χ3n) is 3.30. The highest BCUT2D eigenvalue weighted by Crippen LogP contribution is 2.10. The van der Waals surface area contributed by atoms with Gasteiger partial charge in [0.15, 0.2) is 0 Å². The second-order valence-corrected chi connectivity index (χ2v) is 5.49. The number of nitrogens with zero attached hydrogens (tertiary/aromatic N) is 2. The molecule has 0 radical (unpaired) electrons. The van der Waals surface area contributed by atoms with Gasteiger partial charge in [0.1, 0.15) is 0 Å². The molecule has 1 heterocycles. The van der Waals surface area contributed by atoms with Gasteiger partial charge in [0, 0.05) is 31.6 Å². The Morgan fingerprint density at radius 1 is 1.41 bits per heavy atom. The van der Waals surface area contributed by atoms with Gasteiger partial charge >= 0.3 is 0 Å². The highest BCUT2D eigenvalue weighted by atomic mass is 16.2. The molecule has 1 fully saturated rings. The third-order valence-corrected chi connectivity index (χ3v) is 3.30. The van der Waals surface area contributed by atoms with E-state index in [0.29, 0.717) is 18.5 Å². The van der Waals surface area contributed by atoms with Gasteiger partial charge < -0.3 is 15.1 Å². The number of hydrogen-bond donors (Lipinski definition) is 1. The minimum Gasteiger partial charge on any atom is -0.339 e. The zero-order valence-corrected chi connectivity index (χ0v) is 11.7. The molecule has 1 aliphatic heterocycles. The molecule has 0 bridgehead atoms. The Bertz CT molecular complexity index is 235. The lowest BCUT2D eigenvalue weighted by atomic mass is 10.1. The van der Waals surface area contributed by atoms with Gasteiger partial charge in [0.25, 0.3) is 0 Å². The predicted molar refractivity (Wildman–Crippen MR) is 71.0 cm³/mol. The van der Waals surface area contributed by atoms with Crippen molar-refractivity contribution in [2.24, 2.45) is 0 Å². The molecular formula is C13H27N3O. The summed E-state index contributed by atoms with van der Waals surface area (Å²) in [7, 11) is 4.01. The molecule has 1 amide bonds. The topological polar surface area (TPSA) is 35.6 Å². The van der Waals surface area contributed by atoms with Crippen molar-refractivity contribution in [3.05, 3.63) is 0 Å². The molecule has 1 saturated heterocycles. The Hall–Kier alpha value is -0.610. The monoisotopic (exact) mass is 241 g/mol. The second kappa shape index (κ2) is 6.97. The Morgan fingerprint density at radius 2 is 2.12 bits per heavy atom. The molecule has 1 rings (SSSR count).